The number of aryl methyl sites for hydroxylation is 1. The van der Waals surface area contributed by atoms with Crippen molar-refractivity contribution in [2.45, 2.75) is 27.3 Å². The van der Waals surface area contributed by atoms with Crippen LogP contribution in [0.5, 0.6) is 11.5 Å². The summed E-state index contributed by atoms with van der Waals surface area (Å²) in [5, 5.41) is 7.58. The van der Waals surface area contributed by atoms with Crippen molar-refractivity contribution >= 4 is 34.6 Å². The highest BCUT2D eigenvalue weighted by molar-refractivity contribution is 7.80. The van der Waals surface area contributed by atoms with Gasteiger partial charge in [0.05, 0.1) is 13.2 Å². The minimum absolute atomic E-state index is 0.539. The van der Waals surface area contributed by atoms with Gasteiger partial charge in [-0.1, -0.05) is 23.7 Å². The summed E-state index contributed by atoms with van der Waals surface area (Å²) in [6.07, 6.45) is 0. The maximum Gasteiger partial charge on any atom is 0.171 e. The number of anilines is 1. The predicted molar refractivity (Wildman–Crippen MR) is 108 cm³/mol. The average molecular weight is 379 g/mol. The van der Waals surface area contributed by atoms with Crippen molar-refractivity contribution in [3.63, 3.8) is 0 Å². The molecule has 25 heavy (non-hydrogen) atoms. The van der Waals surface area contributed by atoms with E-state index in [0.29, 0.717) is 29.9 Å². The Kier molecular flexibility index (Phi) is 7.34. The Morgan fingerprint density at radius 2 is 1.76 bits per heavy atom. The number of ether oxygens (including phenoxy) is 2. The molecule has 0 aliphatic carbocycles. The Morgan fingerprint density at radius 3 is 2.48 bits per heavy atom. The summed E-state index contributed by atoms with van der Waals surface area (Å²) in [5.41, 5.74) is 3.03. The lowest BCUT2D eigenvalue weighted by Gasteiger charge is -2.15. The van der Waals surface area contributed by atoms with Crippen LogP contribution in [0.1, 0.15) is 25.0 Å². The van der Waals surface area contributed by atoms with Crippen LogP contribution in [0, 0.1) is 6.92 Å². The zero-order chi connectivity index (χ0) is 18.2. The minimum atomic E-state index is 0.539. The van der Waals surface area contributed by atoms with E-state index in [1.807, 2.05) is 57.2 Å². The van der Waals surface area contributed by atoms with E-state index in [1.165, 1.54) is 0 Å². The number of hydrogen-bond acceptors (Lipinski definition) is 3. The lowest BCUT2D eigenvalue weighted by atomic mass is 10.2. The van der Waals surface area contributed by atoms with Gasteiger partial charge in [-0.05, 0) is 68.4 Å². The minimum Gasteiger partial charge on any atom is -0.490 e. The standard InChI is InChI=1S/C19H23ClN2O2S/c1-4-23-17-9-7-14(10-18(17)24-5-2)12-21-19(25)22-16-11-15(20)8-6-13(16)3/h6-11H,4-5,12H2,1-3H3,(H2,21,22,25). The van der Waals surface area contributed by atoms with E-state index in [2.05, 4.69) is 10.6 Å². The number of hydrogen-bond donors (Lipinski definition) is 2. The molecular formula is C19H23ClN2O2S. The van der Waals surface area contributed by atoms with E-state index in [0.717, 1.165) is 28.3 Å². The van der Waals surface area contributed by atoms with Crippen LogP contribution in [0.15, 0.2) is 36.4 Å². The van der Waals surface area contributed by atoms with Crippen molar-refractivity contribution in [2.24, 2.45) is 0 Å². The third kappa shape index (κ3) is 5.80. The first-order valence-corrected chi connectivity index (χ1v) is 9.01. The van der Waals surface area contributed by atoms with E-state index in [4.69, 9.17) is 33.3 Å². The van der Waals surface area contributed by atoms with Crippen molar-refractivity contribution in [1.29, 1.82) is 0 Å². The molecule has 2 aromatic carbocycles. The maximum atomic E-state index is 6.03. The monoisotopic (exact) mass is 378 g/mol. The second-order valence-electron chi connectivity index (χ2n) is 5.41. The normalized spacial score (nSPS) is 10.2. The van der Waals surface area contributed by atoms with Crippen molar-refractivity contribution in [3.05, 3.63) is 52.5 Å². The Balaban J connectivity index is 1.99. The first kappa shape index (κ1) is 19.3. The molecule has 0 saturated carbocycles. The summed E-state index contributed by atoms with van der Waals surface area (Å²) in [5.74, 6) is 1.50. The van der Waals surface area contributed by atoms with Crippen molar-refractivity contribution < 1.29 is 9.47 Å². The molecule has 134 valence electrons. The molecule has 0 radical (unpaired) electrons. The van der Waals surface area contributed by atoms with E-state index in [-0.39, 0.29) is 0 Å². The van der Waals surface area contributed by atoms with Crippen LogP contribution >= 0.6 is 23.8 Å². The summed E-state index contributed by atoms with van der Waals surface area (Å²) in [7, 11) is 0. The van der Waals surface area contributed by atoms with Gasteiger partial charge in [-0.2, -0.15) is 0 Å². The third-order valence-electron chi connectivity index (χ3n) is 3.51. The van der Waals surface area contributed by atoms with Gasteiger partial charge in [0.15, 0.2) is 16.6 Å². The van der Waals surface area contributed by atoms with Crippen LogP contribution in [0.25, 0.3) is 0 Å². The number of halogens is 1. The highest BCUT2D eigenvalue weighted by Crippen LogP contribution is 2.28. The fourth-order valence-corrected chi connectivity index (χ4v) is 2.64. The quantitative estimate of drug-likeness (QED) is 0.668. The van der Waals surface area contributed by atoms with Gasteiger partial charge in [0.1, 0.15) is 0 Å². The van der Waals surface area contributed by atoms with Crippen LogP contribution in [-0.4, -0.2) is 18.3 Å². The van der Waals surface area contributed by atoms with Gasteiger partial charge in [0, 0.05) is 17.3 Å². The van der Waals surface area contributed by atoms with Gasteiger partial charge in [0.2, 0.25) is 0 Å². The fourth-order valence-electron chi connectivity index (χ4n) is 2.28. The second kappa shape index (κ2) is 9.49. The van der Waals surface area contributed by atoms with Crippen molar-refractivity contribution in [2.75, 3.05) is 18.5 Å². The molecule has 0 aliphatic rings. The molecule has 0 amide bonds. The van der Waals surface area contributed by atoms with E-state index in [9.17, 15) is 0 Å². The number of rotatable bonds is 7. The van der Waals surface area contributed by atoms with E-state index in [1.54, 1.807) is 0 Å². The predicted octanol–water partition coefficient (Wildman–Crippen LogP) is 4.93. The van der Waals surface area contributed by atoms with E-state index >= 15 is 0 Å². The molecule has 0 aliphatic heterocycles. The summed E-state index contributed by atoms with van der Waals surface area (Å²) in [6.45, 7) is 7.68. The molecule has 2 N–H and O–H groups in total. The highest BCUT2D eigenvalue weighted by atomic mass is 35.5. The molecule has 0 spiro atoms. The zero-order valence-corrected chi connectivity index (χ0v) is 16.3. The highest BCUT2D eigenvalue weighted by Gasteiger charge is 2.07. The van der Waals surface area contributed by atoms with Crippen LogP contribution < -0.4 is 20.1 Å². The van der Waals surface area contributed by atoms with Gasteiger partial charge < -0.3 is 20.1 Å². The van der Waals surface area contributed by atoms with Gasteiger partial charge >= 0.3 is 0 Å². The lowest BCUT2D eigenvalue weighted by Crippen LogP contribution is -2.28. The second-order valence-corrected chi connectivity index (χ2v) is 6.26. The Bertz CT molecular complexity index is 737. The smallest absolute Gasteiger partial charge is 0.171 e. The van der Waals surface area contributed by atoms with Crippen molar-refractivity contribution in [1.82, 2.24) is 5.32 Å². The third-order valence-corrected chi connectivity index (χ3v) is 3.99. The molecule has 2 rings (SSSR count). The molecule has 2 aromatic rings. The van der Waals surface area contributed by atoms with Crippen LogP contribution in [0.4, 0.5) is 5.69 Å². The molecule has 0 heterocycles. The molecule has 0 fully saturated rings. The van der Waals surface area contributed by atoms with Crippen LogP contribution in [0.3, 0.4) is 0 Å². The summed E-state index contributed by atoms with van der Waals surface area (Å²) < 4.78 is 11.2. The largest absolute Gasteiger partial charge is 0.490 e. The SMILES string of the molecule is CCOc1ccc(CNC(=S)Nc2cc(Cl)ccc2C)cc1OCC. The summed E-state index contributed by atoms with van der Waals surface area (Å²) >= 11 is 11.4. The number of nitrogens with one attached hydrogen (secondary N) is 2. The average Bonchev–Trinajstić information content (AvgIpc) is 2.59. The van der Waals surface area contributed by atoms with Gasteiger partial charge in [-0.3, -0.25) is 0 Å². The van der Waals surface area contributed by atoms with Crippen molar-refractivity contribution in [3.8, 4) is 11.5 Å². The van der Waals surface area contributed by atoms with E-state index < -0.39 is 0 Å². The van der Waals surface area contributed by atoms with Crippen LogP contribution in [-0.2, 0) is 6.54 Å². The number of benzene rings is 2. The molecule has 0 saturated heterocycles. The van der Waals surface area contributed by atoms with Gasteiger partial charge in [-0.25, -0.2) is 0 Å². The molecule has 4 nitrogen and oxygen atoms in total. The Labute approximate surface area is 159 Å². The molecule has 0 bridgehead atoms. The first-order chi connectivity index (χ1) is 12.0. The molecule has 0 atom stereocenters. The van der Waals surface area contributed by atoms with Gasteiger partial charge in [0.25, 0.3) is 0 Å². The molecule has 0 aromatic heterocycles. The Hall–Kier alpha value is -1.98. The van der Waals surface area contributed by atoms with Gasteiger partial charge in [-0.15, -0.1) is 0 Å². The molecule has 6 heteroatoms. The molecule has 0 unspecified atom stereocenters. The lowest BCUT2D eigenvalue weighted by molar-refractivity contribution is 0.287. The molecular weight excluding hydrogens is 356 g/mol. The number of thiocarbonyl (C=S) groups is 1. The Morgan fingerprint density at radius 1 is 1.04 bits per heavy atom. The fraction of sp³-hybridized carbons (Fsp3) is 0.316. The summed E-state index contributed by atoms with van der Waals surface area (Å²) in [6, 6.07) is 11.5. The topological polar surface area (TPSA) is 42.5 Å². The summed E-state index contributed by atoms with van der Waals surface area (Å²) in [4.78, 5) is 0. The van der Waals surface area contributed by atoms with Crippen LogP contribution in [0.2, 0.25) is 5.02 Å². The first-order valence-electron chi connectivity index (χ1n) is 8.23. The maximum absolute atomic E-state index is 6.03. The zero-order valence-electron chi connectivity index (χ0n) is 14.7.